The summed E-state index contributed by atoms with van der Waals surface area (Å²) in [4.78, 5) is 27.9. The van der Waals surface area contributed by atoms with Crippen molar-refractivity contribution in [3.05, 3.63) is 70.9 Å². The van der Waals surface area contributed by atoms with Crippen molar-refractivity contribution < 1.29 is 14.3 Å². The first-order valence-corrected chi connectivity index (χ1v) is 12.0. The van der Waals surface area contributed by atoms with Gasteiger partial charge in [-0.25, -0.2) is 4.68 Å². The first kappa shape index (κ1) is 26.3. The summed E-state index contributed by atoms with van der Waals surface area (Å²) in [5.41, 5.74) is 1.88. The zero-order valence-electron chi connectivity index (χ0n) is 21.1. The molecule has 0 aliphatic rings. The van der Waals surface area contributed by atoms with E-state index in [-0.39, 0.29) is 29.7 Å². The van der Waals surface area contributed by atoms with E-state index in [1.165, 1.54) is 0 Å². The van der Waals surface area contributed by atoms with Gasteiger partial charge in [0.2, 0.25) is 5.91 Å². The van der Waals surface area contributed by atoms with E-state index in [4.69, 9.17) is 21.4 Å². The maximum absolute atomic E-state index is 13.2. The fourth-order valence-corrected chi connectivity index (χ4v) is 3.67. The quantitative estimate of drug-likeness (QED) is 0.442. The number of methoxy groups -OCH3 is 1. The molecule has 3 rings (SSSR count). The van der Waals surface area contributed by atoms with Crippen LogP contribution in [0.2, 0.25) is 5.02 Å². The van der Waals surface area contributed by atoms with Gasteiger partial charge in [0.1, 0.15) is 18.1 Å². The van der Waals surface area contributed by atoms with Gasteiger partial charge in [0.05, 0.1) is 18.5 Å². The number of nitrogens with one attached hydrogen (secondary N) is 1. The van der Waals surface area contributed by atoms with Gasteiger partial charge in [0.25, 0.3) is 5.91 Å². The largest absolute Gasteiger partial charge is 0.497 e. The molecule has 0 bridgehead atoms. The van der Waals surface area contributed by atoms with Crippen molar-refractivity contribution in [2.24, 2.45) is 5.92 Å². The molecule has 3 aromatic rings. The lowest BCUT2D eigenvalue weighted by Crippen LogP contribution is -2.40. The number of hydrogen-bond donors (Lipinski definition) is 1. The van der Waals surface area contributed by atoms with Crippen LogP contribution in [0.3, 0.4) is 0 Å². The molecule has 1 aromatic heterocycles. The molecule has 186 valence electrons. The van der Waals surface area contributed by atoms with Crippen LogP contribution >= 0.6 is 11.6 Å². The number of carbonyl (C=O) groups excluding carboxylic acids is 2. The summed E-state index contributed by atoms with van der Waals surface area (Å²) < 4.78 is 6.87. The third-order valence-corrected chi connectivity index (χ3v) is 5.61. The van der Waals surface area contributed by atoms with Crippen LogP contribution in [0.1, 0.15) is 50.7 Å². The number of halogens is 1. The van der Waals surface area contributed by atoms with Crippen LogP contribution in [0.15, 0.2) is 54.6 Å². The summed E-state index contributed by atoms with van der Waals surface area (Å²) in [5, 5.41) is 8.30. The molecule has 0 unspecified atom stereocenters. The highest BCUT2D eigenvalue weighted by atomic mass is 35.5. The van der Waals surface area contributed by atoms with Crippen molar-refractivity contribution in [1.29, 1.82) is 0 Å². The number of amides is 2. The molecule has 2 amide bonds. The van der Waals surface area contributed by atoms with Gasteiger partial charge >= 0.3 is 0 Å². The predicted molar refractivity (Wildman–Crippen MR) is 140 cm³/mol. The SMILES string of the molecule is COc1ccc(C(=O)N(CC(=O)Nc2cc(C(C)(C)C)nn2-c2ccc(Cl)cc2)CC(C)C)cc1. The number of ether oxygens (including phenoxy) is 1. The molecule has 7 nitrogen and oxygen atoms in total. The van der Waals surface area contributed by atoms with Gasteiger partial charge in [-0.3, -0.25) is 9.59 Å². The minimum absolute atomic E-state index is 0.0836. The Bertz CT molecular complexity index is 1160. The van der Waals surface area contributed by atoms with E-state index in [0.717, 1.165) is 11.4 Å². The third kappa shape index (κ3) is 6.85. The summed E-state index contributed by atoms with van der Waals surface area (Å²) in [6.45, 7) is 10.6. The van der Waals surface area contributed by atoms with E-state index >= 15 is 0 Å². The number of rotatable bonds is 8. The molecular weight excluding hydrogens is 464 g/mol. The Balaban J connectivity index is 1.85. The first-order chi connectivity index (χ1) is 16.5. The summed E-state index contributed by atoms with van der Waals surface area (Å²) in [6, 6.07) is 16.0. The first-order valence-electron chi connectivity index (χ1n) is 11.6. The highest BCUT2D eigenvalue weighted by molar-refractivity contribution is 6.30. The zero-order chi connectivity index (χ0) is 25.8. The van der Waals surface area contributed by atoms with Crippen LogP contribution in [0, 0.1) is 5.92 Å². The molecule has 0 aliphatic heterocycles. The summed E-state index contributed by atoms with van der Waals surface area (Å²) in [5.74, 6) is 0.877. The Kier molecular flexibility index (Phi) is 8.22. The second kappa shape index (κ2) is 11.0. The second-order valence-electron chi connectivity index (χ2n) is 9.91. The molecule has 0 saturated heterocycles. The molecule has 0 fully saturated rings. The number of aromatic nitrogens is 2. The smallest absolute Gasteiger partial charge is 0.254 e. The fourth-order valence-electron chi connectivity index (χ4n) is 3.55. The summed E-state index contributed by atoms with van der Waals surface area (Å²) >= 11 is 6.05. The lowest BCUT2D eigenvalue weighted by Gasteiger charge is -2.24. The Morgan fingerprint density at radius 1 is 1.09 bits per heavy atom. The Morgan fingerprint density at radius 3 is 2.26 bits per heavy atom. The molecule has 0 radical (unpaired) electrons. The van der Waals surface area contributed by atoms with Crippen molar-refractivity contribution in [1.82, 2.24) is 14.7 Å². The van der Waals surface area contributed by atoms with Crippen molar-refractivity contribution in [3.63, 3.8) is 0 Å². The van der Waals surface area contributed by atoms with Gasteiger partial charge in [-0.15, -0.1) is 0 Å². The van der Waals surface area contributed by atoms with Crippen LogP contribution in [0.4, 0.5) is 5.82 Å². The van der Waals surface area contributed by atoms with Gasteiger partial charge < -0.3 is 15.0 Å². The van der Waals surface area contributed by atoms with Gasteiger partial charge in [-0.2, -0.15) is 5.10 Å². The highest BCUT2D eigenvalue weighted by Crippen LogP contribution is 2.27. The molecule has 1 N–H and O–H groups in total. The Labute approximate surface area is 212 Å². The minimum Gasteiger partial charge on any atom is -0.497 e. The monoisotopic (exact) mass is 496 g/mol. The van der Waals surface area contributed by atoms with Crippen molar-refractivity contribution in [2.45, 2.75) is 40.0 Å². The number of benzene rings is 2. The van der Waals surface area contributed by atoms with Gasteiger partial charge in [-0.1, -0.05) is 46.2 Å². The van der Waals surface area contributed by atoms with E-state index in [9.17, 15) is 9.59 Å². The van der Waals surface area contributed by atoms with Gasteiger partial charge in [0.15, 0.2) is 0 Å². The van der Waals surface area contributed by atoms with Crippen molar-refractivity contribution >= 4 is 29.2 Å². The minimum atomic E-state index is -0.303. The molecule has 0 spiro atoms. The van der Waals surface area contributed by atoms with E-state index in [1.807, 2.05) is 32.0 Å². The molecule has 35 heavy (non-hydrogen) atoms. The lowest BCUT2D eigenvalue weighted by atomic mass is 9.92. The molecule has 8 heteroatoms. The predicted octanol–water partition coefficient (Wildman–Crippen LogP) is 5.57. The van der Waals surface area contributed by atoms with Crippen molar-refractivity contribution in [2.75, 3.05) is 25.5 Å². The zero-order valence-corrected chi connectivity index (χ0v) is 21.9. The second-order valence-corrected chi connectivity index (χ2v) is 10.3. The number of nitrogens with zero attached hydrogens (tertiary/aromatic N) is 3. The summed E-state index contributed by atoms with van der Waals surface area (Å²) in [6.07, 6.45) is 0. The van der Waals surface area contributed by atoms with Crippen LogP contribution in [-0.4, -0.2) is 46.7 Å². The molecule has 2 aromatic carbocycles. The molecular formula is C27H33ClN4O3. The average Bonchev–Trinajstić information content (AvgIpc) is 3.22. The maximum atomic E-state index is 13.2. The topological polar surface area (TPSA) is 76.5 Å². The normalized spacial score (nSPS) is 11.4. The van der Waals surface area contributed by atoms with Crippen LogP contribution in [0.5, 0.6) is 5.75 Å². The Morgan fingerprint density at radius 2 is 1.71 bits per heavy atom. The average molecular weight is 497 g/mol. The molecule has 0 aliphatic carbocycles. The van der Waals surface area contributed by atoms with Gasteiger partial charge in [0, 0.05) is 28.6 Å². The van der Waals surface area contributed by atoms with Gasteiger partial charge in [-0.05, 0) is 54.4 Å². The van der Waals surface area contributed by atoms with Crippen LogP contribution in [0.25, 0.3) is 5.69 Å². The maximum Gasteiger partial charge on any atom is 0.254 e. The van der Waals surface area contributed by atoms with E-state index in [2.05, 4.69) is 26.1 Å². The van der Waals surface area contributed by atoms with Crippen LogP contribution < -0.4 is 10.1 Å². The van der Waals surface area contributed by atoms with E-state index < -0.39 is 0 Å². The third-order valence-electron chi connectivity index (χ3n) is 5.36. The molecule has 0 atom stereocenters. The summed E-state index contributed by atoms with van der Waals surface area (Å²) in [7, 11) is 1.58. The number of carbonyl (C=O) groups is 2. The lowest BCUT2D eigenvalue weighted by molar-refractivity contribution is -0.117. The number of hydrogen-bond acceptors (Lipinski definition) is 4. The fraction of sp³-hybridized carbons (Fsp3) is 0.370. The van der Waals surface area contributed by atoms with E-state index in [1.54, 1.807) is 53.1 Å². The number of anilines is 1. The molecule has 1 heterocycles. The Hall–Kier alpha value is -3.32. The standard InChI is InChI=1S/C27H33ClN4O3/c1-18(2)16-31(26(34)19-7-13-22(35-6)14-8-19)17-25(33)29-24-15-23(27(3,4)5)30-32(24)21-11-9-20(28)10-12-21/h7-15,18H,16-17H2,1-6H3,(H,29,33). The molecule has 0 saturated carbocycles. The van der Waals surface area contributed by atoms with Crippen molar-refractivity contribution in [3.8, 4) is 11.4 Å². The van der Waals surface area contributed by atoms with Crippen LogP contribution in [-0.2, 0) is 10.2 Å². The van der Waals surface area contributed by atoms with E-state index in [0.29, 0.717) is 28.7 Å². The highest BCUT2D eigenvalue weighted by Gasteiger charge is 2.24.